The van der Waals surface area contributed by atoms with E-state index < -0.39 is 6.04 Å². The van der Waals surface area contributed by atoms with Crippen LogP contribution in [-0.2, 0) is 6.54 Å². The van der Waals surface area contributed by atoms with Crippen molar-refractivity contribution in [3.8, 4) is 0 Å². The third-order valence-electron chi connectivity index (χ3n) is 5.25. The molecule has 0 fully saturated rings. The van der Waals surface area contributed by atoms with Gasteiger partial charge in [0.25, 0.3) is 5.91 Å². The van der Waals surface area contributed by atoms with Crippen LogP contribution in [0.5, 0.6) is 0 Å². The van der Waals surface area contributed by atoms with Gasteiger partial charge in [0.05, 0.1) is 17.0 Å². The van der Waals surface area contributed by atoms with E-state index >= 15 is 0 Å². The number of amides is 1. The van der Waals surface area contributed by atoms with Gasteiger partial charge in [-0.3, -0.25) is 9.59 Å². The summed E-state index contributed by atoms with van der Waals surface area (Å²) >= 11 is 0. The van der Waals surface area contributed by atoms with Crippen LogP contribution < -0.4 is 5.43 Å². The summed E-state index contributed by atoms with van der Waals surface area (Å²) in [5.74, 6) is -0.668. The molecule has 1 aliphatic heterocycles. The number of fused-ring (bicyclic) bond motifs is 2. The molecule has 0 radical (unpaired) electrons. The zero-order chi connectivity index (χ0) is 20.0. The molecule has 1 aromatic heterocycles. The number of hydrogen-bond acceptors (Lipinski definition) is 3. The van der Waals surface area contributed by atoms with Crippen molar-refractivity contribution in [1.82, 2.24) is 4.90 Å². The lowest BCUT2D eigenvalue weighted by Crippen LogP contribution is -2.29. The molecule has 29 heavy (non-hydrogen) atoms. The molecule has 3 aromatic carbocycles. The number of benzene rings is 3. The van der Waals surface area contributed by atoms with E-state index in [1.54, 1.807) is 41.3 Å². The maximum absolute atomic E-state index is 13.5. The molecule has 0 bridgehead atoms. The van der Waals surface area contributed by atoms with Crippen molar-refractivity contribution in [2.45, 2.75) is 12.6 Å². The van der Waals surface area contributed by atoms with E-state index in [1.807, 2.05) is 30.3 Å². The number of carbonyl (C=O) groups is 1. The van der Waals surface area contributed by atoms with Crippen LogP contribution in [0.3, 0.4) is 0 Å². The van der Waals surface area contributed by atoms with Crippen LogP contribution in [0.15, 0.2) is 88.1 Å². The van der Waals surface area contributed by atoms with Gasteiger partial charge in [-0.05, 0) is 35.4 Å². The molecule has 2 heterocycles. The molecule has 4 nitrogen and oxygen atoms in total. The highest BCUT2D eigenvalue weighted by atomic mass is 19.1. The molecule has 0 aliphatic carbocycles. The zero-order valence-corrected chi connectivity index (χ0v) is 15.3. The maximum atomic E-state index is 13.5. The fourth-order valence-electron chi connectivity index (χ4n) is 3.90. The number of nitrogens with zero attached hydrogens (tertiary/aromatic N) is 1. The largest absolute Gasteiger partial charge is 0.450 e. The lowest BCUT2D eigenvalue weighted by Gasteiger charge is -2.25. The van der Waals surface area contributed by atoms with Crippen LogP contribution in [0, 0.1) is 5.82 Å². The quantitative estimate of drug-likeness (QED) is 0.515. The van der Waals surface area contributed by atoms with Gasteiger partial charge in [-0.2, -0.15) is 0 Å². The third-order valence-corrected chi connectivity index (χ3v) is 5.25. The van der Waals surface area contributed by atoms with Gasteiger partial charge in [0.15, 0.2) is 5.43 Å². The molecule has 1 aliphatic rings. The molecule has 0 unspecified atom stereocenters. The Balaban J connectivity index is 1.73. The van der Waals surface area contributed by atoms with Crippen LogP contribution in [0.1, 0.15) is 33.3 Å². The van der Waals surface area contributed by atoms with Crippen molar-refractivity contribution in [2.75, 3.05) is 0 Å². The van der Waals surface area contributed by atoms with Gasteiger partial charge in [-0.15, -0.1) is 0 Å². The first kappa shape index (κ1) is 17.4. The van der Waals surface area contributed by atoms with Gasteiger partial charge in [-0.25, -0.2) is 4.39 Å². The van der Waals surface area contributed by atoms with Crippen LogP contribution in [0.25, 0.3) is 11.0 Å². The minimum Gasteiger partial charge on any atom is -0.450 e. The molecule has 0 saturated carbocycles. The normalized spacial score (nSPS) is 15.7. The number of para-hydroxylation sites is 1. The summed E-state index contributed by atoms with van der Waals surface area (Å²) in [6.07, 6.45) is 0. The van der Waals surface area contributed by atoms with E-state index in [4.69, 9.17) is 4.42 Å². The topological polar surface area (TPSA) is 50.5 Å². The predicted molar refractivity (Wildman–Crippen MR) is 107 cm³/mol. The Morgan fingerprint density at radius 2 is 1.55 bits per heavy atom. The number of rotatable bonds is 3. The number of halogens is 1. The second-order valence-corrected chi connectivity index (χ2v) is 7.04. The Bertz CT molecular complexity index is 1280. The SMILES string of the molecule is O=C1c2oc3ccccc3c(=O)c2[C@@H](c2ccc(F)cc2)N1Cc1ccccc1. The highest BCUT2D eigenvalue weighted by Gasteiger charge is 2.42. The van der Waals surface area contributed by atoms with Crippen molar-refractivity contribution in [1.29, 1.82) is 0 Å². The summed E-state index contributed by atoms with van der Waals surface area (Å²) in [7, 11) is 0. The van der Waals surface area contributed by atoms with Crippen LogP contribution in [-0.4, -0.2) is 10.8 Å². The van der Waals surface area contributed by atoms with Crippen molar-refractivity contribution < 1.29 is 13.6 Å². The van der Waals surface area contributed by atoms with Gasteiger partial charge < -0.3 is 9.32 Å². The maximum Gasteiger partial charge on any atom is 0.291 e. The van der Waals surface area contributed by atoms with Crippen LogP contribution in [0.2, 0.25) is 0 Å². The molecule has 0 spiro atoms. The molecule has 1 amide bonds. The van der Waals surface area contributed by atoms with E-state index in [1.165, 1.54) is 12.1 Å². The minimum atomic E-state index is -0.640. The molecule has 0 N–H and O–H groups in total. The smallest absolute Gasteiger partial charge is 0.291 e. The fraction of sp³-hybridized carbons (Fsp3) is 0.0833. The predicted octanol–water partition coefficient (Wildman–Crippen LogP) is 4.68. The first-order valence-electron chi connectivity index (χ1n) is 9.29. The Labute approximate surface area is 165 Å². The first-order valence-corrected chi connectivity index (χ1v) is 9.29. The van der Waals surface area contributed by atoms with Gasteiger partial charge in [0.1, 0.15) is 11.4 Å². The van der Waals surface area contributed by atoms with E-state index in [9.17, 15) is 14.0 Å². The Hall–Kier alpha value is -3.73. The summed E-state index contributed by atoms with van der Waals surface area (Å²) in [6, 6.07) is 21.7. The van der Waals surface area contributed by atoms with E-state index in [2.05, 4.69) is 0 Å². The summed E-state index contributed by atoms with van der Waals surface area (Å²) < 4.78 is 19.4. The van der Waals surface area contributed by atoms with Crippen LogP contribution in [0.4, 0.5) is 4.39 Å². The molecule has 5 heteroatoms. The Kier molecular flexibility index (Phi) is 4.02. The molecule has 4 aromatic rings. The van der Waals surface area contributed by atoms with Crippen LogP contribution >= 0.6 is 0 Å². The monoisotopic (exact) mass is 385 g/mol. The average Bonchev–Trinajstić information content (AvgIpc) is 3.02. The summed E-state index contributed by atoms with van der Waals surface area (Å²) in [6.45, 7) is 0.307. The minimum absolute atomic E-state index is 0.0546. The lowest BCUT2D eigenvalue weighted by molar-refractivity contribution is 0.0714. The standard InChI is InChI=1S/C24H16FNO3/c25-17-12-10-16(11-13-17)21-20-22(27)18-8-4-5-9-19(18)29-23(20)24(28)26(21)14-15-6-2-1-3-7-15/h1-13,21H,14H2/t21-/m1/s1. The lowest BCUT2D eigenvalue weighted by atomic mass is 9.98. The average molecular weight is 385 g/mol. The molecular weight excluding hydrogens is 369 g/mol. The van der Waals surface area contributed by atoms with Crippen molar-refractivity contribution in [3.05, 3.63) is 117 Å². The van der Waals surface area contributed by atoms with Gasteiger partial charge in [-0.1, -0.05) is 54.6 Å². The highest BCUT2D eigenvalue weighted by Crippen LogP contribution is 2.39. The van der Waals surface area contributed by atoms with Crippen molar-refractivity contribution in [2.24, 2.45) is 0 Å². The Morgan fingerprint density at radius 1 is 0.862 bits per heavy atom. The number of hydrogen-bond donors (Lipinski definition) is 0. The second-order valence-electron chi connectivity index (χ2n) is 7.04. The van der Waals surface area contributed by atoms with E-state index in [0.29, 0.717) is 28.6 Å². The number of carbonyl (C=O) groups excluding carboxylic acids is 1. The molecule has 142 valence electrons. The van der Waals surface area contributed by atoms with Crippen molar-refractivity contribution >= 4 is 16.9 Å². The summed E-state index contributed by atoms with van der Waals surface area (Å²) in [4.78, 5) is 28.2. The fourth-order valence-corrected chi connectivity index (χ4v) is 3.90. The van der Waals surface area contributed by atoms with Crippen molar-refractivity contribution in [3.63, 3.8) is 0 Å². The molecule has 1 atom stereocenters. The summed E-state index contributed by atoms with van der Waals surface area (Å²) in [5, 5.41) is 0.424. The zero-order valence-electron chi connectivity index (χ0n) is 15.3. The summed E-state index contributed by atoms with van der Waals surface area (Å²) in [5.41, 5.74) is 2.04. The molecule has 0 saturated heterocycles. The first-order chi connectivity index (χ1) is 14.1. The molecular formula is C24H16FNO3. The Morgan fingerprint density at radius 3 is 2.31 bits per heavy atom. The third kappa shape index (κ3) is 2.83. The highest BCUT2D eigenvalue weighted by molar-refractivity contribution is 5.99. The van der Waals surface area contributed by atoms with Gasteiger partial charge >= 0.3 is 0 Å². The molecule has 5 rings (SSSR count). The van der Waals surface area contributed by atoms with Gasteiger partial charge in [0, 0.05) is 6.54 Å². The van der Waals surface area contributed by atoms with Gasteiger partial charge in [0.2, 0.25) is 5.76 Å². The van der Waals surface area contributed by atoms with E-state index in [-0.39, 0.29) is 22.9 Å². The second kappa shape index (κ2) is 6.71. The van der Waals surface area contributed by atoms with E-state index in [0.717, 1.165) is 5.56 Å².